The number of benzene rings is 2. The molecule has 6 heteroatoms. The number of nitrogens with zero attached hydrogens (tertiary/aromatic N) is 1. The molecule has 0 saturated carbocycles. The van der Waals surface area contributed by atoms with Crippen molar-refractivity contribution in [2.24, 2.45) is 0 Å². The minimum Gasteiger partial charge on any atom is -0.410 e. The summed E-state index contributed by atoms with van der Waals surface area (Å²) in [5.41, 5.74) is 0.639. The summed E-state index contributed by atoms with van der Waals surface area (Å²) in [6.07, 6.45) is -1.21. The van der Waals surface area contributed by atoms with E-state index in [-0.39, 0.29) is 18.9 Å². The Kier molecular flexibility index (Phi) is 4.77. The van der Waals surface area contributed by atoms with Crippen LogP contribution >= 0.6 is 0 Å². The van der Waals surface area contributed by atoms with Gasteiger partial charge in [-0.3, -0.25) is 9.69 Å². The number of anilines is 1. The van der Waals surface area contributed by atoms with E-state index in [1.807, 2.05) is 12.1 Å². The highest BCUT2D eigenvalue weighted by molar-refractivity contribution is 5.97. The summed E-state index contributed by atoms with van der Waals surface area (Å²) in [5, 5.41) is 12.6. The number of aliphatic hydroxyl groups is 1. The maximum Gasteiger partial charge on any atom is 0.416 e. The van der Waals surface area contributed by atoms with Gasteiger partial charge in [-0.1, -0.05) is 36.4 Å². The second-order valence-electron chi connectivity index (χ2n) is 5.59. The summed E-state index contributed by atoms with van der Waals surface area (Å²) in [5.74, 6) is 0.0499. The second kappa shape index (κ2) is 7.14. The molecule has 2 aromatic rings. The van der Waals surface area contributed by atoms with Crippen LogP contribution in [0.3, 0.4) is 0 Å². The largest absolute Gasteiger partial charge is 0.416 e. The zero-order valence-electron chi connectivity index (χ0n) is 13.0. The second-order valence-corrected chi connectivity index (χ2v) is 5.59. The predicted molar refractivity (Wildman–Crippen MR) is 88.7 cm³/mol. The van der Waals surface area contributed by atoms with Crippen LogP contribution in [-0.4, -0.2) is 40.7 Å². The quantitative estimate of drug-likeness (QED) is 0.907. The van der Waals surface area contributed by atoms with Crippen molar-refractivity contribution in [1.29, 1.82) is 0 Å². The average Bonchev–Trinajstić information content (AvgIpc) is 2.99. The molecule has 0 aliphatic carbocycles. The van der Waals surface area contributed by atoms with Gasteiger partial charge in [0.2, 0.25) is 5.91 Å². The molecule has 1 saturated heterocycles. The van der Waals surface area contributed by atoms with Crippen molar-refractivity contribution in [3.8, 4) is 5.75 Å². The minimum absolute atomic E-state index is 0.0680. The Bertz CT molecular complexity index is 644. The Hall–Kier alpha value is -2.86. The summed E-state index contributed by atoms with van der Waals surface area (Å²) in [6.45, 7) is 0.0680. The van der Waals surface area contributed by atoms with E-state index in [2.05, 4.69) is 5.32 Å². The third kappa shape index (κ3) is 3.72. The molecule has 0 radical (unpaired) electrons. The van der Waals surface area contributed by atoms with Crippen molar-refractivity contribution >= 4 is 17.7 Å². The van der Waals surface area contributed by atoms with Crippen LogP contribution in [0, 0.1) is 0 Å². The normalized spacial score (nSPS) is 19.8. The Labute approximate surface area is 139 Å². The summed E-state index contributed by atoms with van der Waals surface area (Å²) in [6, 6.07) is 16.8. The van der Waals surface area contributed by atoms with Crippen molar-refractivity contribution in [2.45, 2.75) is 18.6 Å². The van der Waals surface area contributed by atoms with Gasteiger partial charge in [-0.25, -0.2) is 4.79 Å². The molecule has 2 N–H and O–H groups in total. The molecule has 3 rings (SSSR count). The van der Waals surface area contributed by atoms with Gasteiger partial charge >= 0.3 is 6.09 Å². The first-order valence-corrected chi connectivity index (χ1v) is 7.71. The average molecular weight is 326 g/mol. The number of carbonyl (C=O) groups excluding carboxylic acids is 2. The number of rotatable bonds is 3. The Balaban J connectivity index is 1.69. The standard InChI is InChI=1S/C18H18N2O4/c21-14-11-16(17(22)19-13-7-3-1-4-8-13)20(12-14)18(23)24-15-9-5-2-6-10-15/h1-10,14,16,21H,11-12H2,(H,19,22). The lowest BCUT2D eigenvalue weighted by Gasteiger charge is -2.22. The summed E-state index contributed by atoms with van der Waals surface area (Å²) in [4.78, 5) is 26.1. The van der Waals surface area contributed by atoms with Gasteiger partial charge in [0.1, 0.15) is 11.8 Å². The number of carbonyl (C=O) groups is 2. The van der Waals surface area contributed by atoms with Crippen LogP contribution in [0.2, 0.25) is 0 Å². The Morgan fingerprint density at radius 3 is 2.33 bits per heavy atom. The number of hydrogen-bond acceptors (Lipinski definition) is 4. The SMILES string of the molecule is O=C(Nc1ccccc1)C1CC(O)CN1C(=O)Oc1ccccc1. The van der Waals surface area contributed by atoms with E-state index in [1.165, 1.54) is 4.90 Å². The molecule has 0 bridgehead atoms. The van der Waals surface area contributed by atoms with E-state index >= 15 is 0 Å². The van der Waals surface area contributed by atoms with Gasteiger partial charge in [0.05, 0.1) is 12.6 Å². The number of nitrogens with one attached hydrogen (secondary N) is 1. The highest BCUT2D eigenvalue weighted by atomic mass is 16.6. The molecule has 2 atom stereocenters. The fourth-order valence-corrected chi connectivity index (χ4v) is 2.66. The lowest BCUT2D eigenvalue weighted by atomic mass is 10.2. The van der Waals surface area contributed by atoms with Gasteiger partial charge in [0.25, 0.3) is 0 Å². The van der Waals surface area contributed by atoms with Gasteiger partial charge in [0.15, 0.2) is 0 Å². The number of para-hydroxylation sites is 2. The molecule has 2 aromatic carbocycles. The molecule has 0 spiro atoms. The van der Waals surface area contributed by atoms with Crippen molar-refractivity contribution < 1.29 is 19.4 Å². The monoisotopic (exact) mass is 326 g/mol. The first-order valence-electron chi connectivity index (χ1n) is 7.71. The van der Waals surface area contributed by atoms with Crippen LogP contribution in [0.1, 0.15) is 6.42 Å². The highest BCUT2D eigenvalue weighted by Crippen LogP contribution is 2.22. The summed E-state index contributed by atoms with van der Waals surface area (Å²) >= 11 is 0. The molecule has 2 unspecified atom stereocenters. The van der Waals surface area contributed by atoms with Gasteiger partial charge in [-0.05, 0) is 24.3 Å². The number of β-amino-alcohol motifs (C(OH)–C–C–N with tert-alkyl or cyclic N) is 1. The van der Waals surface area contributed by atoms with Gasteiger partial charge in [0, 0.05) is 12.1 Å². The van der Waals surface area contributed by atoms with E-state index in [0.717, 1.165) is 0 Å². The first-order chi connectivity index (χ1) is 11.6. The third-order valence-electron chi connectivity index (χ3n) is 3.81. The third-order valence-corrected chi connectivity index (χ3v) is 3.81. The van der Waals surface area contributed by atoms with Crippen molar-refractivity contribution in [2.75, 3.05) is 11.9 Å². The van der Waals surface area contributed by atoms with Crippen LogP contribution < -0.4 is 10.1 Å². The number of hydrogen-bond donors (Lipinski definition) is 2. The van der Waals surface area contributed by atoms with Crippen LogP contribution in [0.25, 0.3) is 0 Å². The molecule has 1 aliphatic rings. The van der Waals surface area contributed by atoms with Crippen LogP contribution in [0.15, 0.2) is 60.7 Å². The van der Waals surface area contributed by atoms with Gasteiger partial charge in [-0.2, -0.15) is 0 Å². The molecule has 1 fully saturated rings. The van der Waals surface area contributed by atoms with E-state index in [9.17, 15) is 14.7 Å². The maximum atomic E-state index is 12.5. The lowest BCUT2D eigenvalue weighted by molar-refractivity contribution is -0.119. The van der Waals surface area contributed by atoms with Crippen molar-refractivity contribution in [3.05, 3.63) is 60.7 Å². The number of likely N-dealkylation sites (tertiary alicyclic amines) is 1. The smallest absolute Gasteiger partial charge is 0.410 e. The molecule has 6 nitrogen and oxygen atoms in total. The van der Waals surface area contributed by atoms with Crippen molar-refractivity contribution in [3.63, 3.8) is 0 Å². The van der Waals surface area contributed by atoms with E-state index in [1.54, 1.807) is 48.5 Å². The lowest BCUT2D eigenvalue weighted by Crippen LogP contribution is -2.44. The molecule has 124 valence electrons. The molecular weight excluding hydrogens is 308 g/mol. The maximum absolute atomic E-state index is 12.5. The van der Waals surface area contributed by atoms with E-state index in [4.69, 9.17) is 4.74 Å². The van der Waals surface area contributed by atoms with Gasteiger partial charge in [-0.15, -0.1) is 0 Å². The molecule has 24 heavy (non-hydrogen) atoms. The first kappa shape index (κ1) is 16.0. The Morgan fingerprint density at radius 1 is 1.04 bits per heavy atom. The predicted octanol–water partition coefficient (Wildman–Crippen LogP) is 2.26. The molecule has 0 aromatic heterocycles. The highest BCUT2D eigenvalue weighted by Gasteiger charge is 2.40. The minimum atomic E-state index is -0.767. The van der Waals surface area contributed by atoms with Crippen LogP contribution in [-0.2, 0) is 4.79 Å². The van der Waals surface area contributed by atoms with Gasteiger partial charge < -0.3 is 15.2 Å². The molecular formula is C18H18N2O4. The molecule has 2 amide bonds. The zero-order valence-corrected chi connectivity index (χ0v) is 13.0. The van der Waals surface area contributed by atoms with Crippen LogP contribution in [0.5, 0.6) is 5.75 Å². The fraction of sp³-hybridized carbons (Fsp3) is 0.222. The zero-order chi connectivity index (χ0) is 16.9. The molecule has 1 aliphatic heterocycles. The number of amides is 2. The van der Waals surface area contributed by atoms with Crippen molar-refractivity contribution in [1.82, 2.24) is 4.90 Å². The number of ether oxygens (including phenoxy) is 1. The summed E-state index contributed by atoms with van der Waals surface area (Å²) < 4.78 is 5.27. The molecule has 1 heterocycles. The van der Waals surface area contributed by atoms with Crippen LogP contribution in [0.4, 0.5) is 10.5 Å². The Morgan fingerprint density at radius 2 is 1.67 bits per heavy atom. The number of aliphatic hydroxyl groups excluding tert-OH is 1. The van der Waals surface area contributed by atoms with E-state index < -0.39 is 18.2 Å². The summed E-state index contributed by atoms with van der Waals surface area (Å²) in [7, 11) is 0. The fourth-order valence-electron chi connectivity index (χ4n) is 2.66. The van der Waals surface area contributed by atoms with E-state index in [0.29, 0.717) is 11.4 Å². The topological polar surface area (TPSA) is 78.9 Å².